The highest BCUT2D eigenvalue weighted by molar-refractivity contribution is 6.42. The Morgan fingerprint density at radius 1 is 1.24 bits per heavy atom. The molecule has 0 heterocycles. The van der Waals surface area contributed by atoms with Crippen LogP contribution in [0, 0.1) is 0 Å². The van der Waals surface area contributed by atoms with E-state index in [1.165, 1.54) is 6.92 Å². The van der Waals surface area contributed by atoms with Crippen LogP contribution in [0.5, 0.6) is 0 Å². The zero-order valence-corrected chi connectivity index (χ0v) is 10.7. The summed E-state index contributed by atoms with van der Waals surface area (Å²) in [4.78, 5) is 22.0. The van der Waals surface area contributed by atoms with Gasteiger partial charge in [0, 0.05) is 18.7 Å². The van der Waals surface area contributed by atoms with Crippen LogP contribution in [0.25, 0.3) is 0 Å². The van der Waals surface area contributed by atoms with Gasteiger partial charge in [-0.05, 0) is 25.1 Å². The Balaban J connectivity index is 2.45. The molecule has 0 saturated carbocycles. The average molecular weight is 275 g/mol. The van der Waals surface area contributed by atoms with E-state index in [9.17, 15) is 9.59 Å². The first-order valence-corrected chi connectivity index (χ1v) is 5.74. The summed E-state index contributed by atoms with van der Waals surface area (Å²) in [6.07, 6.45) is 0.314. The Morgan fingerprint density at radius 2 is 1.94 bits per heavy atom. The summed E-state index contributed by atoms with van der Waals surface area (Å²) < 4.78 is 0. The molecule has 0 aliphatic rings. The molecule has 0 bridgehead atoms. The number of halogens is 2. The van der Waals surface area contributed by atoms with Crippen molar-refractivity contribution < 1.29 is 9.59 Å². The van der Waals surface area contributed by atoms with Gasteiger partial charge in [0.15, 0.2) is 0 Å². The molecule has 92 valence electrons. The van der Waals surface area contributed by atoms with Gasteiger partial charge in [-0.1, -0.05) is 23.2 Å². The van der Waals surface area contributed by atoms with Crippen molar-refractivity contribution >= 4 is 40.7 Å². The molecule has 0 atom stereocenters. The lowest BCUT2D eigenvalue weighted by Gasteiger charge is -2.07. The Bertz CT molecular complexity index is 435. The summed E-state index contributed by atoms with van der Waals surface area (Å²) in [5, 5.41) is 5.92. The second-order valence-corrected chi connectivity index (χ2v) is 4.28. The number of nitrogens with one attached hydrogen (secondary N) is 2. The fourth-order valence-corrected chi connectivity index (χ4v) is 1.40. The number of carbonyl (C=O) groups excluding carboxylic acids is 2. The fraction of sp³-hybridized carbons (Fsp3) is 0.273. The summed E-state index contributed by atoms with van der Waals surface area (Å²) in [6.45, 7) is 1.78. The van der Waals surface area contributed by atoms with Crippen LogP contribution in [0.3, 0.4) is 0 Å². The van der Waals surface area contributed by atoms with E-state index in [0.29, 0.717) is 28.7 Å². The maximum atomic E-state index is 11.4. The molecule has 1 aromatic rings. The number of hydrogen-bond acceptors (Lipinski definition) is 2. The smallest absolute Gasteiger partial charge is 0.319 e. The molecule has 0 saturated heterocycles. The van der Waals surface area contributed by atoms with E-state index in [4.69, 9.17) is 23.2 Å². The number of amides is 2. The molecule has 6 heteroatoms. The van der Waals surface area contributed by atoms with E-state index < -0.39 is 0 Å². The number of ketones is 1. The van der Waals surface area contributed by atoms with Crippen LogP contribution in [0.2, 0.25) is 10.0 Å². The Hall–Kier alpha value is -1.26. The summed E-state index contributed by atoms with van der Waals surface area (Å²) in [7, 11) is 0. The van der Waals surface area contributed by atoms with Crippen molar-refractivity contribution in [2.75, 3.05) is 11.9 Å². The molecular formula is C11H12Cl2N2O2. The molecule has 4 nitrogen and oxygen atoms in total. The second kappa shape index (κ2) is 6.47. The molecule has 0 aliphatic heterocycles. The summed E-state index contributed by atoms with van der Waals surface area (Å²) in [5.74, 6) is 0.0276. The van der Waals surface area contributed by atoms with E-state index in [2.05, 4.69) is 10.6 Å². The van der Waals surface area contributed by atoms with Crippen LogP contribution >= 0.6 is 23.2 Å². The number of benzene rings is 1. The van der Waals surface area contributed by atoms with Crippen molar-refractivity contribution in [2.45, 2.75) is 13.3 Å². The Labute approximate surface area is 109 Å². The molecule has 1 aromatic carbocycles. The van der Waals surface area contributed by atoms with Gasteiger partial charge in [-0.15, -0.1) is 0 Å². The highest BCUT2D eigenvalue weighted by atomic mass is 35.5. The van der Waals surface area contributed by atoms with Gasteiger partial charge in [0.25, 0.3) is 0 Å². The molecule has 0 aromatic heterocycles. The minimum atomic E-state index is -0.385. The topological polar surface area (TPSA) is 58.2 Å². The number of hydrogen-bond donors (Lipinski definition) is 2. The fourth-order valence-electron chi connectivity index (χ4n) is 1.10. The van der Waals surface area contributed by atoms with Crippen molar-refractivity contribution in [3.05, 3.63) is 28.2 Å². The van der Waals surface area contributed by atoms with Crippen LogP contribution in [-0.4, -0.2) is 18.4 Å². The number of Topliss-reactive ketones (excluding diaryl/α,β-unsaturated/α-hetero) is 1. The number of rotatable bonds is 4. The molecule has 0 unspecified atom stereocenters. The largest absolute Gasteiger partial charge is 0.337 e. The Morgan fingerprint density at radius 3 is 2.53 bits per heavy atom. The predicted octanol–water partition coefficient (Wildman–Crippen LogP) is 3.09. The van der Waals surface area contributed by atoms with Gasteiger partial charge in [-0.2, -0.15) is 0 Å². The minimum absolute atomic E-state index is 0.0276. The summed E-state index contributed by atoms with van der Waals surface area (Å²) >= 11 is 11.5. The first-order valence-electron chi connectivity index (χ1n) is 4.98. The summed E-state index contributed by atoms with van der Waals surface area (Å²) in [6, 6.07) is 4.40. The van der Waals surface area contributed by atoms with E-state index in [0.717, 1.165) is 0 Å². The zero-order chi connectivity index (χ0) is 12.8. The third-order valence-electron chi connectivity index (χ3n) is 1.94. The lowest BCUT2D eigenvalue weighted by atomic mass is 10.3. The lowest BCUT2D eigenvalue weighted by Crippen LogP contribution is -2.30. The van der Waals surface area contributed by atoms with E-state index in [1.807, 2.05) is 0 Å². The third-order valence-corrected chi connectivity index (χ3v) is 2.68. The molecule has 1 rings (SSSR count). The molecule has 17 heavy (non-hydrogen) atoms. The van der Waals surface area contributed by atoms with Crippen molar-refractivity contribution in [1.29, 1.82) is 0 Å². The predicted molar refractivity (Wildman–Crippen MR) is 68.8 cm³/mol. The third kappa shape index (κ3) is 5.06. The monoisotopic (exact) mass is 274 g/mol. The molecule has 0 aliphatic carbocycles. The van der Waals surface area contributed by atoms with Crippen LogP contribution in [0.15, 0.2) is 18.2 Å². The van der Waals surface area contributed by atoms with E-state index in [1.54, 1.807) is 18.2 Å². The first-order chi connectivity index (χ1) is 7.99. The van der Waals surface area contributed by atoms with Crippen molar-refractivity contribution in [1.82, 2.24) is 5.32 Å². The van der Waals surface area contributed by atoms with Gasteiger partial charge >= 0.3 is 6.03 Å². The van der Waals surface area contributed by atoms with Crippen LogP contribution in [-0.2, 0) is 4.79 Å². The first kappa shape index (κ1) is 13.8. The van der Waals surface area contributed by atoms with Gasteiger partial charge in [0.2, 0.25) is 0 Å². The molecule has 0 fully saturated rings. The van der Waals surface area contributed by atoms with Gasteiger partial charge < -0.3 is 10.6 Å². The number of carbonyl (C=O) groups is 2. The van der Waals surface area contributed by atoms with Gasteiger partial charge in [0.1, 0.15) is 5.78 Å². The molecule has 0 radical (unpaired) electrons. The quantitative estimate of drug-likeness (QED) is 0.887. The van der Waals surface area contributed by atoms with Crippen LogP contribution < -0.4 is 10.6 Å². The molecule has 0 spiro atoms. The maximum absolute atomic E-state index is 11.4. The van der Waals surface area contributed by atoms with Gasteiger partial charge in [0.05, 0.1) is 10.0 Å². The van der Waals surface area contributed by atoms with Crippen molar-refractivity contribution in [2.24, 2.45) is 0 Å². The number of urea groups is 1. The normalized spacial score (nSPS) is 9.82. The Kier molecular flexibility index (Phi) is 5.25. The molecular weight excluding hydrogens is 263 g/mol. The standard InChI is InChI=1S/C11H12Cl2N2O2/c1-7(16)4-5-14-11(17)15-8-2-3-9(12)10(13)6-8/h2-3,6H,4-5H2,1H3,(H2,14,15,17). The van der Waals surface area contributed by atoms with Crippen LogP contribution in [0.1, 0.15) is 13.3 Å². The van der Waals surface area contributed by atoms with E-state index >= 15 is 0 Å². The SMILES string of the molecule is CC(=O)CCNC(=O)Nc1ccc(Cl)c(Cl)c1. The van der Waals surface area contributed by atoms with Crippen LogP contribution in [0.4, 0.5) is 10.5 Å². The second-order valence-electron chi connectivity index (χ2n) is 3.46. The number of anilines is 1. The van der Waals surface area contributed by atoms with Gasteiger partial charge in [-0.25, -0.2) is 4.79 Å². The minimum Gasteiger partial charge on any atom is -0.337 e. The molecule has 2 N–H and O–H groups in total. The average Bonchev–Trinajstić information content (AvgIpc) is 2.23. The maximum Gasteiger partial charge on any atom is 0.319 e. The van der Waals surface area contributed by atoms with Crippen molar-refractivity contribution in [3.63, 3.8) is 0 Å². The highest BCUT2D eigenvalue weighted by Crippen LogP contribution is 2.24. The van der Waals surface area contributed by atoms with E-state index in [-0.39, 0.29) is 11.8 Å². The van der Waals surface area contributed by atoms with Gasteiger partial charge in [-0.3, -0.25) is 4.79 Å². The molecule has 2 amide bonds. The van der Waals surface area contributed by atoms with Crippen molar-refractivity contribution in [3.8, 4) is 0 Å². The zero-order valence-electron chi connectivity index (χ0n) is 9.22. The highest BCUT2D eigenvalue weighted by Gasteiger charge is 2.04. The summed E-state index contributed by atoms with van der Waals surface area (Å²) in [5.41, 5.74) is 0.541. The lowest BCUT2D eigenvalue weighted by molar-refractivity contribution is -0.116.